The highest BCUT2D eigenvalue weighted by molar-refractivity contribution is 7.91. The van der Waals surface area contributed by atoms with Gasteiger partial charge in [0.2, 0.25) is 10.0 Å². The van der Waals surface area contributed by atoms with Crippen LogP contribution < -0.4 is 10.5 Å². The van der Waals surface area contributed by atoms with E-state index < -0.39 is 10.0 Å². The molecular weight excluding hydrogens is 296 g/mol. The Balaban J connectivity index is 2.07. The molecule has 0 radical (unpaired) electrons. The third-order valence-corrected chi connectivity index (χ3v) is 7.02. The summed E-state index contributed by atoms with van der Waals surface area (Å²) in [4.78, 5) is 0.866. The summed E-state index contributed by atoms with van der Waals surface area (Å²) in [6, 6.07) is 3.28. The second-order valence-corrected chi connectivity index (χ2v) is 8.71. The van der Waals surface area contributed by atoms with E-state index in [1.165, 1.54) is 11.3 Å². The molecule has 0 bridgehead atoms. The summed E-state index contributed by atoms with van der Waals surface area (Å²) < 4.78 is 33.4. The normalized spacial score (nSPS) is 25.4. The van der Waals surface area contributed by atoms with Gasteiger partial charge in [0.15, 0.2) is 0 Å². The van der Waals surface area contributed by atoms with Crippen LogP contribution in [-0.4, -0.2) is 27.2 Å². The number of rotatable bonds is 6. The van der Waals surface area contributed by atoms with Crippen LogP contribution in [0.25, 0.3) is 0 Å². The predicted octanol–water partition coefficient (Wildman–Crippen LogP) is 1.69. The summed E-state index contributed by atoms with van der Waals surface area (Å²) in [6.07, 6.45) is 0.831. The highest BCUT2D eigenvalue weighted by Gasteiger charge is 2.50. The number of thiophene rings is 1. The van der Waals surface area contributed by atoms with E-state index in [0.29, 0.717) is 17.4 Å². The van der Waals surface area contributed by atoms with Gasteiger partial charge in [-0.2, -0.15) is 0 Å². The van der Waals surface area contributed by atoms with Crippen LogP contribution in [0.15, 0.2) is 16.3 Å². The first-order valence-electron chi connectivity index (χ1n) is 6.74. The monoisotopic (exact) mass is 318 g/mol. The van der Waals surface area contributed by atoms with Gasteiger partial charge in [-0.1, -0.05) is 13.8 Å². The molecule has 1 aliphatic rings. The molecule has 1 aromatic heterocycles. The molecule has 0 amide bonds. The van der Waals surface area contributed by atoms with Crippen molar-refractivity contribution < 1.29 is 13.2 Å². The maximum absolute atomic E-state index is 12.3. The van der Waals surface area contributed by atoms with Crippen molar-refractivity contribution in [3.63, 3.8) is 0 Å². The lowest BCUT2D eigenvalue weighted by molar-refractivity contribution is -0.108. The molecule has 1 fully saturated rings. The molecule has 1 heterocycles. The molecule has 0 saturated heterocycles. The Morgan fingerprint density at radius 1 is 1.50 bits per heavy atom. The van der Waals surface area contributed by atoms with Gasteiger partial charge in [0.1, 0.15) is 4.21 Å². The Morgan fingerprint density at radius 3 is 2.70 bits per heavy atom. The molecule has 7 heteroatoms. The topological polar surface area (TPSA) is 81.4 Å². The molecule has 20 heavy (non-hydrogen) atoms. The first-order valence-corrected chi connectivity index (χ1v) is 9.04. The molecule has 0 aromatic carbocycles. The highest BCUT2D eigenvalue weighted by Crippen LogP contribution is 2.43. The summed E-state index contributed by atoms with van der Waals surface area (Å²) in [5.74, 6) is 0. The van der Waals surface area contributed by atoms with Crippen LogP contribution in [0.3, 0.4) is 0 Å². The minimum atomic E-state index is -3.46. The van der Waals surface area contributed by atoms with Crippen LogP contribution >= 0.6 is 11.3 Å². The van der Waals surface area contributed by atoms with Crippen molar-refractivity contribution in [1.82, 2.24) is 4.72 Å². The lowest BCUT2D eigenvalue weighted by Crippen LogP contribution is -2.61. The van der Waals surface area contributed by atoms with Crippen molar-refractivity contribution in [2.24, 2.45) is 11.1 Å². The van der Waals surface area contributed by atoms with Crippen molar-refractivity contribution >= 4 is 21.4 Å². The van der Waals surface area contributed by atoms with Crippen molar-refractivity contribution in [3.8, 4) is 0 Å². The molecule has 1 aromatic rings. The Hall–Kier alpha value is -0.470. The zero-order chi connectivity index (χ0) is 15.0. The maximum atomic E-state index is 12.3. The molecule has 3 N–H and O–H groups in total. The van der Waals surface area contributed by atoms with Crippen molar-refractivity contribution in [2.75, 3.05) is 6.61 Å². The molecule has 2 atom stereocenters. The largest absolute Gasteiger partial charge is 0.378 e. The van der Waals surface area contributed by atoms with Gasteiger partial charge in [-0.15, -0.1) is 11.3 Å². The Kier molecular flexibility index (Phi) is 4.56. The van der Waals surface area contributed by atoms with Gasteiger partial charge in [-0.05, 0) is 25.5 Å². The van der Waals surface area contributed by atoms with Crippen LogP contribution in [0, 0.1) is 5.41 Å². The van der Waals surface area contributed by atoms with E-state index in [0.717, 1.165) is 11.3 Å². The Labute approximate surface area is 124 Å². The zero-order valence-electron chi connectivity index (χ0n) is 12.0. The maximum Gasteiger partial charge on any atom is 0.250 e. The average Bonchev–Trinajstić information content (AvgIpc) is 2.87. The van der Waals surface area contributed by atoms with E-state index in [9.17, 15) is 8.42 Å². The molecule has 1 saturated carbocycles. The van der Waals surface area contributed by atoms with Crippen molar-refractivity contribution in [1.29, 1.82) is 0 Å². The summed E-state index contributed by atoms with van der Waals surface area (Å²) in [5.41, 5.74) is 5.33. The quantitative estimate of drug-likeness (QED) is 0.836. The Morgan fingerprint density at radius 2 is 2.20 bits per heavy atom. The molecule has 0 spiro atoms. The zero-order valence-corrected chi connectivity index (χ0v) is 13.7. The predicted molar refractivity (Wildman–Crippen MR) is 80.1 cm³/mol. The second kappa shape index (κ2) is 5.73. The van der Waals surface area contributed by atoms with Crippen LogP contribution in [0.5, 0.6) is 0 Å². The van der Waals surface area contributed by atoms with E-state index in [2.05, 4.69) is 4.72 Å². The lowest BCUT2D eigenvalue weighted by Gasteiger charge is -2.51. The molecule has 114 valence electrons. The van der Waals surface area contributed by atoms with E-state index in [1.54, 1.807) is 12.1 Å². The third kappa shape index (κ3) is 2.92. The smallest absolute Gasteiger partial charge is 0.250 e. The van der Waals surface area contributed by atoms with Crippen LogP contribution in [0.2, 0.25) is 0 Å². The average molecular weight is 318 g/mol. The van der Waals surface area contributed by atoms with Crippen LogP contribution in [0.1, 0.15) is 32.1 Å². The van der Waals surface area contributed by atoms with Gasteiger partial charge in [0.25, 0.3) is 0 Å². The lowest BCUT2D eigenvalue weighted by atomic mass is 9.65. The first-order chi connectivity index (χ1) is 9.31. The fourth-order valence-corrected chi connectivity index (χ4v) is 5.08. The number of nitrogens with two attached hydrogens (primary N) is 1. The van der Waals surface area contributed by atoms with Crippen molar-refractivity contribution in [3.05, 3.63) is 17.0 Å². The fourth-order valence-electron chi connectivity index (χ4n) is 2.43. The number of hydrogen-bond donors (Lipinski definition) is 2. The third-order valence-electron chi connectivity index (χ3n) is 3.95. The number of ether oxygens (including phenoxy) is 1. The second-order valence-electron chi connectivity index (χ2n) is 5.60. The highest BCUT2D eigenvalue weighted by atomic mass is 32.2. The SMILES string of the molecule is CCOC1CC(NS(=O)(=O)c2ccc(CN)s2)C1(C)C. The molecule has 2 rings (SSSR count). The minimum absolute atomic E-state index is 0.0903. The van der Waals surface area contributed by atoms with Crippen LogP contribution in [0.4, 0.5) is 0 Å². The van der Waals surface area contributed by atoms with E-state index in [4.69, 9.17) is 10.5 Å². The van der Waals surface area contributed by atoms with Gasteiger partial charge in [-0.3, -0.25) is 0 Å². The van der Waals surface area contributed by atoms with Crippen molar-refractivity contribution in [2.45, 2.75) is 50.1 Å². The summed E-state index contributed by atoms with van der Waals surface area (Å²) in [6.45, 7) is 7.03. The van der Waals surface area contributed by atoms with E-state index in [1.807, 2.05) is 20.8 Å². The molecule has 0 aliphatic heterocycles. The fraction of sp³-hybridized carbons (Fsp3) is 0.692. The minimum Gasteiger partial charge on any atom is -0.378 e. The van der Waals surface area contributed by atoms with Gasteiger partial charge < -0.3 is 10.5 Å². The number of hydrogen-bond acceptors (Lipinski definition) is 5. The Bertz CT molecular complexity index is 566. The molecule has 1 aliphatic carbocycles. The summed E-state index contributed by atoms with van der Waals surface area (Å²) >= 11 is 1.22. The van der Waals surface area contributed by atoms with Gasteiger partial charge in [0, 0.05) is 29.5 Å². The number of nitrogens with one attached hydrogen (secondary N) is 1. The molecule has 5 nitrogen and oxygen atoms in total. The molecule has 2 unspecified atom stereocenters. The summed E-state index contributed by atoms with van der Waals surface area (Å²) in [7, 11) is -3.46. The summed E-state index contributed by atoms with van der Waals surface area (Å²) in [5, 5.41) is 0. The van der Waals surface area contributed by atoms with Gasteiger partial charge in [0.05, 0.1) is 6.10 Å². The van der Waals surface area contributed by atoms with E-state index >= 15 is 0 Å². The number of sulfonamides is 1. The molecular formula is C13H22N2O3S2. The van der Waals surface area contributed by atoms with E-state index in [-0.39, 0.29) is 17.6 Å². The standard InChI is InChI=1S/C13H22N2O3S2/c1-4-18-11-7-10(13(11,2)3)15-20(16,17)12-6-5-9(8-14)19-12/h5-6,10-11,15H,4,7-8,14H2,1-3H3. The van der Waals surface area contributed by atoms with Gasteiger partial charge in [-0.25, -0.2) is 13.1 Å². The van der Waals surface area contributed by atoms with Gasteiger partial charge >= 0.3 is 0 Å². The van der Waals surface area contributed by atoms with Crippen LogP contribution in [-0.2, 0) is 21.3 Å². The first kappa shape index (κ1) is 15.9.